The molecule has 28 heavy (non-hydrogen) atoms. The highest BCUT2D eigenvalue weighted by Gasteiger charge is 2.14. The number of ether oxygens (including phenoxy) is 1. The molecule has 1 aromatic heterocycles. The Kier molecular flexibility index (Phi) is 7.57. The first-order valence-electron chi connectivity index (χ1n) is 9.36. The Balaban J connectivity index is 1.74. The molecule has 0 aliphatic heterocycles. The number of unbranched alkanes of at least 4 members (excludes halogenated alkanes) is 1. The molecule has 6 heteroatoms. The van der Waals surface area contributed by atoms with Crippen molar-refractivity contribution in [3.63, 3.8) is 0 Å². The number of aromatic nitrogens is 3. The zero-order valence-electron chi connectivity index (χ0n) is 16.0. The quantitative estimate of drug-likeness (QED) is 0.223. The lowest BCUT2D eigenvalue weighted by atomic mass is 10.2. The van der Waals surface area contributed by atoms with Gasteiger partial charge >= 0.3 is 0 Å². The molecule has 0 atom stereocenters. The maximum atomic E-state index is 5.96. The maximum absolute atomic E-state index is 5.96. The molecule has 4 nitrogen and oxygen atoms in total. The van der Waals surface area contributed by atoms with Gasteiger partial charge in [-0.3, -0.25) is 4.57 Å². The highest BCUT2D eigenvalue weighted by atomic mass is 35.5. The van der Waals surface area contributed by atoms with Crippen LogP contribution in [0, 0.1) is 0 Å². The minimum atomic E-state index is 0.653. The average Bonchev–Trinajstić information content (AvgIpc) is 3.11. The summed E-state index contributed by atoms with van der Waals surface area (Å²) in [6, 6.07) is 15.9. The Hall–Kier alpha value is -2.24. The molecule has 0 saturated heterocycles. The summed E-state index contributed by atoms with van der Waals surface area (Å²) in [4.78, 5) is 0. The highest BCUT2D eigenvalue weighted by molar-refractivity contribution is 7.98. The van der Waals surface area contributed by atoms with Crippen LogP contribution in [0.15, 0.2) is 66.3 Å². The second-order valence-corrected chi connectivity index (χ2v) is 7.73. The Morgan fingerprint density at radius 3 is 2.54 bits per heavy atom. The second-order valence-electron chi connectivity index (χ2n) is 6.35. The third-order valence-corrected chi connectivity index (χ3v) is 5.48. The Morgan fingerprint density at radius 2 is 1.86 bits per heavy atom. The van der Waals surface area contributed by atoms with Crippen molar-refractivity contribution >= 4 is 23.4 Å². The monoisotopic (exact) mass is 413 g/mol. The van der Waals surface area contributed by atoms with Crippen LogP contribution in [0.2, 0.25) is 5.02 Å². The number of rotatable bonds is 10. The van der Waals surface area contributed by atoms with Gasteiger partial charge in [-0.1, -0.05) is 54.9 Å². The molecule has 0 spiro atoms. The fourth-order valence-corrected chi connectivity index (χ4v) is 3.70. The van der Waals surface area contributed by atoms with Gasteiger partial charge in [0.1, 0.15) is 5.75 Å². The van der Waals surface area contributed by atoms with Crippen LogP contribution in [0.3, 0.4) is 0 Å². The zero-order valence-corrected chi connectivity index (χ0v) is 17.5. The van der Waals surface area contributed by atoms with Gasteiger partial charge in [0, 0.05) is 22.9 Å². The van der Waals surface area contributed by atoms with Gasteiger partial charge in [0.05, 0.1) is 6.61 Å². The van der Waals surface area contributed by atoms with Crippen LogP contribution in [0.25, 0.3) is 11.4 Å². The molecule has 2 aromatic carbocycles. The van der Waals surface area contributed by atoms with Crippen molar-refractivity contribution in [1.82, 2.24) is 14.8 Å². The fraction of sp³-hybridized carbons (Fsp3) is 0.273. The van der Waals surface area contributed by atoms with Gasteiger partial charge in [0.25, 0.3) is 0 Å². The summed E-state index contributed by atoms with van der Waals surface area (Å²) in [6.45, 7) is 7.43. The molecule has 0 bridgehead atoms. The topological polar surface area (TPSA) is 39.9 Å². The van der Waals surface area contributed by atoms with E-state index in [0.717, 1.165) is 52.5 Å². The predicted octanol–water partition coefficient (Wildman–Crippen LogP) is 6.26. The van der Waals surface area contributed by atoms with Crippen LogP contribution in [-0.2, 0) is 12.3 Å². The van der Waals surface area contributed by atoms with E-state index in [1.54, 1.807) is 11.8 Å². The summed E-state index contributed by atoms with van der Waals surface area (Å²) in [5, 5.41) is 10.4. The standard InChI is InChI=1S/C22H24ClN3OS/c1-3-5-15-27-20-12-8-18(9-13-20)21-24-25-22(26(21)14-4-2)28-16-17-6-10-19(23)11-7-17/h4,6-13H,2-3,5,14-16H2,1H3. The first kappa shape index (κ1) is 20.5. The van der Waals surface area contributed by atoms with Gasteiger partial charge in [-0.25, -0.2) is 0 Å². The van der Waals surface area contributed by atoms with Crippen molar-refractivity contribution in [1.29, 1.82) is 0 Å². The van der Waals surface area contributed by atoms with Gasteiger partial charge < -0.3 is 4.74 Å². The van der Waals surface area contributed by atoms with Crippen molar-refractivity contribution in [3.05, 3.63) is 71.8 Å². The first-order chi connectivity index (χ1) is 13.7. The normalized spacial score (nSPS) is 10.8. The lowest BCUT2D eigenvalue weighted by molar-refractivity contribution is 0.309. The molecule has 0 aliphatic rings. The van der Waals surface area contributed by atoms with Crippen LogP contribution in [0.5, 0.6) is 5.75 Å². The van der Waals surface area contributed by atoms with E-state index in [1.165, 1.54) is 5.56 Å². The van der Waals surface area contributed by atoms with Crippen LogP contribution in [0.4, 0.5) is 0 Å². The lowest BCUT2D eigenvalue weighted by Crippen LogP contribution is -2.01. The molecule has 0 amide bonds. The SMILES string of the molecule is C=CCn1c(SCc2ccc(Cl)cc2)nnc1-c1ccc(OCCCC)cc1. The number of allylic oxidation sites excluding steroid dienone is 1. The lowest BCUT2D eigenvalue weighted by Gasteiger charge is -2.09. The van der Waals surface area contributed by atoms with Crippen LogP contribution in [0.1, 0.15) is 25.3 Å². The largest absolute Gasteiger partial charge is 0.494 e. The van der Waals surface area contributed by atoms with Crippen molar-refractivity contribution in [2.75, 3.05) is 6.61 Å². The van der Waals surface area contributed by atoms with Crippen molar-refractivity contribution < 1.29 is 4.74 Å². The first-order valence-corrected chi connectivity index (χ1v) is 10.7. The van der Waals surface area contributed by atoms with E-state index in [0.29, 0.717) is 6.54 Å². The highest BCUT2D eigenvalue weighted by Crippen LogP contribution is 2.28. The molecular formula is C22H24ClN3OS. The molecule has 0 aliphatic carbocycles. The minimum Gasteiger partial charge on any atom is -0.494 e. The van der Waals surface area contributed by atoms with E-state index in [1.807, 2.05) is 54.6 Å². The molecule has 146 valence electrons. The molecule has 0 radical (unpaired) electrons. The second kappa shape index (κ2) is 10.3. The number of hydrogen-bond acceptors (Lipinski definition) is 4. The van der Waals surface area contributed by atoms with Gasteiger partial charge in [-0.05, 0) is 48.4 Å². The number of thioether (sulfide) groups is 1. The van der Waals surface area contributed by atoms with E-state index in [-0.39, 0.29) is 0 Å². The van der Waals surface area contributed by atoms with E-state index >= 15 is 0 Å². The van der Waals surface area contributed by atoms with Crippen molar-refractivity contribution in [2.24, 2.45) is 0 Å². The molecule has 3 aromatic rings. The Bertz CT molecular complexity index is 891. The smallest absolute Gasteiger partial charge is 0.192 e. The Labute approximate surface area is 175 Å². The number of benzene rings is 2. The number of hydrogen-bond donors (Lipinski definition) is 0. The zero-order chi connectivity index (χ0) is 19.8. The van der Waals surface area contributed by atoms with Crippen molar-refractivity contribution in [3.8, 4) is 17.1 Å². The van der Waals surface area contributed by atoms with E-state index in [4.69, 9.17) is 16.3 Å². The van der Waals surface area contributed by atoms with Gasteiger partial charge in [-0.15, -0.1) is 16.8 Å². The molecule has 3 rings (SSSR count). The minimum absolute atomic E-state index is 0.653. The summed E-state index contributed by atoms with van der Waals surface area (Å²) in [5.74, 6) is 2.51. The predicted molar refractivity (Wildman–Crippen MR) is 117 cm³/mol. The molecular weight excluding hydrogens is 390 g/mol. The number of nitrogens with zero attached hydrogens (tertiary/aromatic N) is 3. The Morgan fingerprint density at radius 1 is 1.11 bits per heavy atom. The van der Waals surface area contributed by atoms with Crippen LogP contribution in [-0.4, -0.2) is 21.4 Å². The van der Waals surface area contributed by atoms with Crippen LogP contribution < -0.4 is 4.74 Å². The van der Waals surface area contributed by atoms with Crippen LogP contribution >= 0.6 is 23.4 Å². The summed E-state index contributed by atoms with van der Waals surface area (Å²) in [6.07, 6.45) is 4.05. The molecule has 0 saturated carbocycles. The molecule has 0 N–H and O–H groups in total. The average molecular weight is 414 g/mol. The van der Waals surface area contributed by atoms with Gasteiger partial charge in [0.15, 0.2) is 11.0 Å². The summed E-state index contributed by atoms with van der Waals surface area (Å²) < 4.78 is 7.83. The van der Waals surface area contributed by atoms with E-state index in [2.05, 4.69) is 28.3 Å². The third kappa shape index (κ3) is 5.40. The van der Waals surface area contributed by atoms with E-state index in [9.17, 15) is 0 Å². The number of halogens is 1. The third-order valence-electron chi connectivity index (χ3n) is 4.19. The molecule has 1 heterocycles. The molecule has 0 fully saturated rings. The van der Waals surface area contributed by atoms with Gasteiger partial charge in [0.2, 0.25) is 0 Å². The van der Waals surface area contributed by atoms with E-state index < -0.39 is 0 Å². The summed E-state index contributed by atoms with van der Waals surface area (Å²) in [5.41, 5.74) is 2.20. The fourth-order valence-electron chi connectivity index (χ4n) is 2.67. The van der Waals surface area contributed by atoms with Gasteiger partial charge in [-0.2, -0.15) is 0 Å². The molecule has 0 unspecified atom stereocenters. The maximum Gasteiger partial charge on any atom is 0.192 e. The summed E-state index contributed by atoms with van der Waals surface area (Å²) in [7, 11) is 0. The summed E-state index contributed by atoms with van der Waals surface area (Å²) >= 11 is 7.61. The van der Waals surface area contributed by atoms with Crippen molar-refractivity contribution in [2.45, 2.75) is 37.2 Å².